The summed E-state index contributed by atoms with van der Waals surface area (Å²) in [7, 11) is 0. The van der Waals surface area contributed by atoms with Gasteiger partial charge < -0.3 is 14.8 Å². The second-order valence-corrected chi connectivity index (χ2v) is 3.00. The van der Waals surface area contributed by atoms with Crippen LogP contribution in [0.5, 0.6) is 0 Å². The molecule has 6 heteroatoms. The van der Waals surface area contributed by atoms with Gasteiger partial charge in [0.2, 0.25) is 5.76 Å². The summed E-state index contributed by atoms with van der Waals surface area (Å²) in [5.41, 5.74) is 0. The maximum Gasteiger partial charge on any atom is 0.303 e. The first-order chi connectivity index (χ1) is 7.09. The molecule has 0 aliphatic rings. The highest BCUT2D eigenvalue weighted by molar-refractivity contribution is 5.91. The van der Waals surface area contributed by atoms with E-state index in [1.54, 1.807) is 6.92 Å². The molecule has 1 aromatic rings. The maximum atomic E-state index is 11.3. The summed E-state index contributed by atoms with van der Waals surface area (Å²) >= 11 is 0. The number of carboxylic acid groups (broad SMARTS) is 1. The molecular weight excluding hydrogens is 200 g/mol. The van der Waals surface area contributed by atoms with Crippen LogP contribution >= 0.6 is 0 Å². The van der Waals surface area contributed by atoms with E-state index in [9.17, 15) is 9.59 Å². The van der Waals surface area contributed by atoms with E-state index < -0.39 is 5.97 Å². The number of hydrogen-bond donors (Lipinski definition) is 2. The smallest absolute Gasteiger partial charge is 0.303 e. The molecule has 0 aliphatic heterocycles. The lowest BCUT2D eigenvalue weighted by Crippen LogP contribution is -2.24. The zero-order valence-electron chi connectivity index (χ0n) is 8.32. The van der Waals surface area contributed by atoms with E-state index in [-0.39, 0.29) is 18.1 Å². The highest BCUT2D eigenvalue weighted by atomic mass is 16.4. The van der Waals surface area contributed by atoms with Crippen LogP contribution in [0.25, 0.3) is 0 Å². The third kappa shape index (κ3) is 3.80. The SMILES string of the molecule is Cc1ncc(C(=O)NCCCC(=O)O)o1. The lowest BCUT2D eigenvalue weighted by molar-refractivity contribution is -0.137. The fourth-order valence-corrected chi connectivity index (χ4v) is 0.995. The van der Waals surface area contributed by atoms with Gasteiger partial charge in [0.1, 0.15) is 0 Å². The third-order valence-corrected chi connectivity index (χ3v) is 1.70. The van der Waals surface area contributed by atoms with Gasteiger partial charge in [0, 0.05) is 19.9 Å². The first kappa shape index (κ1) is 11.2. The zero-order chi connectivity index (χ0) is 11.3. The van der Waals surface area contributed by atoms with Crippen molar-refractivity contribution in [3.05, 3.63) is 17.8 Å². The standard InChI is InChI=1S/C9H12N2O4/c1-6-11-5-7(15-6)9(14)10-4-2-3-8(12)13/h5H,2-4H2,1H3,(H,10,14)(H,12,13). The molecule has 0 aliphatic carbocycles. The van der Waals surface area contributed by atoms with Gasteiger partial charge >= 0.3 is 5.97 Å². The number of nitrogens with zero attached hydrogens (tertiary/aromatic N) is 1. The fourth-order valence-electron chi connectivity index (χ4n) is 0.995. The number of nitrogens with one attached hydrogen (secondary N) is 1. The molecule has 0 saturated carbocycles. The number of aromatic nitrogens is 1. The van der Waals surface area contributed by atoms with E-state index in [1.165, 1.54) is 6.20 Å². The Morgan fingerprint density at radius 3 is 2.87 bits per heavy atom. The van der Waals surface area contributed by atoms with E-state index in [0.29, 0.717) is 18.9 Å². The lowest BCUT2D eigenvalue weighted by Gasteiger charge is -2.00. The van der Waals surface area contributed by atoms with E-state index >= 15 is 0 Å². The number of carbonyl (C=O) groups excluding carboxylic acids is 1. The van der Waals surface area contributed by atoms with Crippen molar-refractivity contribution < 1.29 is 19.1 Å². The van der Waals surface area contributed by atoms with Crippen LogP contribution in [0.3, 0.4) is 0 Å². The molecule has 6 nitrogen and oxygen atoms in total. The summed E-state index contributed by atoms with van der Waals surface area (Å²) in [6.07, 6.45) is 1.77. The van der Waals surface area contributed by atoms with Crippen molar-refractivity contribution >= 4 is 11.9 Å². The van der Waals surface area contributed by atoms with Crippen molar-refractivity contribution in [2.24, 2.45) is 0 Å². The van der Waals surface area contributed by atoms with Gasteiger partial charge in [-0.1, -0.05) is 0 Å². The van der Waals surface area contributed by atoms with Gasteiger partial charge in [-0.25, -0.2) is 4.98 Å². The minimum Gasteiger partial charge on any atom is -0.481 e. The summed E-state index contributed by atoms with van der Waals surface area (Å²) < 4.78 is 4.98. The molecule has 0 bridgehead atoms. The summed E-state index contributed by atoms with van der Waals surface area (Å²) in [6.45, 7) is 1.95. The summed E-state index contributed by atoms with van der Waals surface area (Å²) in [5.74, 6) is -0.686. The number of oxazole rings is 1. The number of amides is 1. The van der Waals surface area contributed by atoms with Crippen molar-refractivity contribution in [1.82, 2.24) is 10.3 Å². The second kappa shape index (κ2) is 5.14. The number of hydrogen-bond acceptors (Lipinski definition) is 4. The Morgan fingerprint density at radius 2 is 2.33 bits per heavy atom. The average molecular weight is 212 g/mol. The molecular formula is C9H12N2O4. The van der Waals surface area contributed by atoms with Crippen LogP contribution in [-0.2, 0) is 4.79 Å². The molecule has 0 unspecified atom stereocenters. The highest BCUT2D eigenvalue weighted by Crippen LogP contribution is 2.01. The van der Waals surface area contributed by atoms with Crippen molar-refractivity contribution in [3.63, 3.8) is 0 Å². The molecule has 1 heterocycles. The summed E-state index contributed by atoms with van der Waals surface area (Å²) in [4.78, 5) is 25.3. The fraction of sp³-hybridized carbons (Fsp3) is 0.444. The van der Waals surface area contributed by atoms with Crippen LogP contribution in [0.2, 0.25) is 0 Å². The van der Waals surface area contributed by atoms with Gasteiger partial charge in [-0.2, -0.15) is 0 Å². The topological polar surface area (TPSA) is 92.4 Å². The van der Waals surface area contributed by atoms with Crippen LogP contribution in [0.1, 0.15) is 29.3 Å². The molecule has 0 radical (unpaired) electrons. The second-order valence-electron chi connectivity index (χ2n) is 3.00. The molecule has 1 rings (SSSR count). The Balaban J connectivity index is 2.28. The largest absolute Gasteiger partial charge is 0.481 e. The van der Waals surface area contributed by atoms with Gasteiger partial charge in [0.15, 0.2) is 5.89 Å². The van der Waals surface area contributed by atoms with Crippen molar-refractivity contribution in [2.45, 2.75) is 19.8 Å². The van der Waals surface area contributed by atoms with Crippen LogP contribution < -0.4 is 5.32 Å². The molecule has 2 N–H and O–H groups in total. The van der Waals surface area contributed by atoms with Gasteiger partial charge in [0.05, 0.1) is 6.20 Å². The molecule has 82 valence electrons. The van der Waals surface area contributed by atoms with Gasteiger partial charge in [-0.3, -0.25) is 9.59 Å². The molecule has 1 aromatic heterocycles. The molecule has 0 atom stereocenters. The molecule has 0 saturated heterocycles. The number of carbonyl (C=O) groups is 2. The first-order valence-electron chi connectivity index (χ1n) is 4.52. The quantitative estimate of drug-likeness (QED) is 0.696. The zero-order valence-corrected chi connectivity index (χ0v) is 8.32. The Labute approximate surface area is 86.3 Å². The predicted octanol–water partition coefficient (Wildman–Crippen LogP) is 0.578. The first-order valence-corrected chi connectivity index (χ1v) is 4.52. The Bertz CT molecular complexity index is 359. The molecule has 0 spiro atoms. The maximum absolute atomic E-state index is 11.3. The van der Waals surface area contributed by atoms with Crippen molar-refractivity contribution in [3.8, 4) is 0 Å². The molecule has 1 amide bonds. The molecule has 0 fully saturated rings. The van der Waals surface area contributed by atoms with E-state index in [0.717, 1.165) is 0 Å². The number of aryl methyl sites for hydroxylation is 1. The Hall–Kier alpha value is -1.85. The Kier molecular flexibility index (Phi) is 3.84. The number of aliphatic carboxylic acids is 1. The normalized spacial score (nSPS) is 9.93. The predicted molar refractivity (Wildman–Crippen MR) is 50.4 cm³/mol. The van der Waals surface area contributed by atoms with E-state index in [2.05, 4.69) is 10.3 Å². The van der Waals surface area contributed by atoms with Crippen LogP contribution in [0.15, 0.2) is 10.6 Å². The van der Waals surface area contributed by atoms with Gasteiger partial charge in [-0.15, -0.1) is 0 Å². The summed E-state index contributed by atoms with van der Waals surface area (Å²) in [6, 6.07) is 0. The molecule has 0 aromatic carbocycles. The highest BCUT2D eigenvalue weighted by Gasteiger charge is 2.09. The average Bonchev–Trinajstić information content (AvgIpc) is 2.59. The Morgan fingerprint density at radius 1 is 1.60 bits per heavy atom. The van der Waals surface area contributed by atoms with Crippen LogP contribution in [0.4, 0.5) is 0 Å². The molecule has 15 heavy (non-hydrogen) atoms. The van der Waals surface area contributed by atoms with Crippen LogP contribution in [0, 0.1) is 6.92 Å². The van der Waals surface area contributed by atoms with Crippen molar-refractivity contribution in [2.75, 3.05) is 6.54 Å². The van der Waals surface area contributed by atoms with Crippen LogP contribution in [-0.4, -0.2) is 28.5 Å². The summed E-state index contributed by atoms with van der Waals surface area (Å²) in [5, 5.41) is 10.9. The van der Waals surface area contributed by atoms with E-state index in [4.69, 9.17) is 9.52 Å². The van der Waals surface area contributed by atoms with Gasteiger partial charge in [-0.05, 0) is 6.42 Å². The lowest BCUT2D eigenvalue weighted by atomic mass is 10.3. The minimum absolute atomic E-state index is 0.0374. The monoisotopic (exact) mass is 212 g/mol. The van der Waals surface area contributed by atoms with E-state index in [1.807, 2.05) is 0 Å². The third-order valence-electron chi connectivity index (χ3n) is 1.70. The minimum atomic E-state index is -0.875. The number of carboxylic acids is 1. The van der Waals surface area contributed by atoms with Crippen molar-refractivity contribution in [1.29, 1.82) is 0 Å². The number of rotatable bonds is 5. The van der Waals surface area contributed by atoms with Gasteiger partial charge in [0.25, 0.3) is 5.91 Å².